The Balaban J connectivity index is 1.45. The van der Waals surface area contributed by atoms with Crippen LogP contribution in [0.25, 0.3) is 10.9 Å². The molecule has 3 aromatic rings. The number of aromatic nitrogens is 1. The molecule has 0 radical (unpaired) electrons. The van der Waals surface area contributed by atoms with E-state index in [4.69, 9.17) is 4.74 Å². The Bertz CT molecular complexity index is 1040. The molecule has 0 spiro atoms. The van der Waals surface area contributed by atoms with Crippen LogP contribution in [0.1, 0.15) is 18.4 Å². The smallest absolute Gasteiger partial charge is 0.235 e. The number of ether oxygens (including phenoxy) is 1. The van der Waals surface area contributed by atoms with Crippen molar-refractivity contribution < 1.29 is 13.9 Å². The lowest BCUT2D eigenvalue weighted by molar-refractivity contribution is -0.118. The Morgan fingerprint density at radius 2 is 1.93 bits per heavy atom. The zero-order valence-corrected chi connectivity index (χ0v) is 15.5. The molecule has 1 saturated heterocycles. The van der Waals surface area contributed by atoms with Crippen LogP contribution in [0.5, 0.6) is 0 Å². The third-order valence-electron chi connectivity index (χ3n) is 5.85. The average Bonchev–Trinajstić information content (AvgIpc) is 3.43. The van der Waals surface area contributed by atoms with E-state index in [2.05, 4.69) is 15.2 Å². The molecule has 2 N–H and O–H groups in total. The highest BCUT2D eigenvalue weighted by Gasteiger charge is 2.52. The molecular weight excluding hydrogens is 357 g/mol. The fourth-order valence-corrected chi connectivity index (χ4v) is 4.13. The largest absolute Gasteiger partial charge is 0.378 e. The number of nitrogens with zero attached hydrogens (tertiary/aromatic N) is 1. The minimum atomic E-state index is -0.593. The van der Waals surface area contributed by atoms with Gasteiger partial charge in [0.2, 0.25) is 5.91 Å². The lowest BCUT2D eigenvalue weighted by Gasteiger charge is -2.30. The molecule has 1 aliphatic heterocycles. The Morgan fingerprint density at radius 1 is 1.14 bits per heavy atom. The molecule has 1 aromatic heterocycles. The number of halogens is 1. The maximum atomic E-state index is 13.8. The molecule has 0 unspecified atom stereocenters. The highest BCUT2D eigenvalue weighted by molar-refractivity contribution is 6.06. The topological polar surface area (TPSA) is 57.4 Å². The van der Waals surface area contributed by atoms with E-state index >= 15 is 0 Å². The van der Waals surface area contributed by atoms with Gasteiger partial charge < -0.3 is 19.9 Å². The van der Waals surface area contributed by atoms with Gasteiger partial charge in [-0.25, -0.2) is 4.39 Å². The molecule has 0 bridgehead atoms. The molecule has 1 amide bonds. The lowest BCUT2D eigenvalue weighted by Crippen LogP contribution is -2.37. The summed E-state index contributed by atoms with van der Waals surface area (Å²) < 4.78 is 19.2. The normalized spacial score (nSPS) is 18.2. The number of hydrogen-bond acceptors (Lipinski definition) is 3. The second kappa shape index (κ2) is 6.63. The van der Waals surface area contributed by atoms with Gasteiger partial charge in [-0.1, -0.05) is 12.1 Å². The Hall–Kier alpha value is -2.86. The number of hydrogen-bond donors (Lipinski definition) is 2. The van der Waals surface area contributed by atoms with Crippen LogP contribution in [-0.4, -0.2) is 37.2 Å². The number of aromatic amines is 1. The first-order chi connectivity index (χ1) is 13.7. The maximum absolute atomic E-state index is 13.8. The van der Waals surface area contributed by atoms with Gasteiger partial charge in [0.25, 0.3) is 0 Å². The second-order valence-electron chi connectivity index (χ2n) is 7.55. The van der Waals surface area contributed by atoms with Crippen molar-refractivity contribution in [3.8, 4) is 0 Å². The Kier molecular flexibility index (Phi) is 4.09. The second-order valence-corrected chi connectivity index (χ2v) is 7.55. The standard InChI is InChI=1S/C22H22FN3O2/c23-15-5-6-18-16(13-15)17(14-24-18)22(7-8-22)21(27)25-19-3-1-2-4-20(19)26-9-11-28-12-10-26/h1-6,13-14,24H,7-12H2,(H,25,27). The summed E-state index contributed by atoms with van der Waals surface area (Å²) in [5.74, 6) is -0.319. The first-order valence-corrected chi connectivity index (χ1v) is 9.68. The van der Waals surface area contributed by atoms with Gasteiger partial charge in [-0.15, -0.1) is 0 Å². The predicted octanol–water partition coefficient (Wildman–Crippen LogP) is 3.81. The fraction of sp³-hybridized carbons (Fsp3) is 0.318. The third-order valence-corrected chi connectivity index (χ3v) is 5.85. The monoisotopic (exact) mass is 379 g/mol. The van der Waals surface area contributed by atoms with Crippen molar-refractivity contribution in [3.05, 3.63) is 60.0 Å². The number of nitrogens with one attached hydrogen (secondary N) is 2. The average molecular weight is 379 g/mol. The number of rotatable bonds is 4. The first-order valence-electron chi connectivity index (χ1n) is 9.68. The van der Waals surface area contributed by atoms with Crippen molar-refractivity contribution in [2.45, 2.75) is 18.3 Å². The number of carbonyl (C=O) groups is 1. The van der Waals surface area contributed by atoms with Crippen LogP contribution in [0.15, 0.2) is 48.7 Å². The van der Waals surface area contributed by atoms with E-state index in [-0.39, 0.29) is 11.7 Å². The zero-order chi connectivity index (χ0) is 19.1. The molecule has 5 rings (SSSR count). The van der Waals surface area contributed by atoms with Crippen molar-refractivity contribution in [1.29, 1.82) is 0 Å². The van der Waals surface area contributed by atoms with E-state index in [0.717, 1.165) is 53.8 Å². The van der Waals surface area contributed by atoms with Crippen LogP contribution in [0.4, 0.5) is 15.8 Å². The predicted molar refractivity (Wildman–Crippen MR) is 107 cm³/mol. The molecule has 1 aliphatic carbocycles. The van der Waals surface area contributed by atoms with Gasteiger partial charge >= 0.3 is 0 Å². The summed E-state index contributed by atoms with van der Waals surface area (Å²) in [6, 6.07) is 12.5. The van der Waals surface area contributed by atoms with Gasteiger partial charge in [0, 0.05) is 30.2 Å². The third kappa shape index (κ3) is 2.85. The van der Waals surface area contributed by atoms with Gasteiger partial charge in [0.15, 0.2) is 0 Å². The molecule has 5 nitrogen and oxygen atoms in total. The highest BCUT2D eigenvalue weighted by Crippen LogP contribution is 2.51. The summed E-state index contributed by atoms with van der Waals surface area (Å²) in [6.45, 7) is 2.99. The number of benzene rings is 2. The molecule has 28 heavy (non-hydrogen) atoms. The van der Waals surface area contributed by atoms with Gasteiger partial charge in [0.05, 0.1) is 30.0 Å². The van der Waals surface area contributed by atoms with Crippen LogP contribution in [0, 0.1) is 5.82 Å². The summed E-state index contributed by atoms with van der Waals surface area (Å²) >= 11 is 0. The Morgan fingerprint density at radius 3 is 2.71 bits per heavy atom. The summed E-state index contributed by atoms with van der Waals surface area (Å²) in [7, 11) is 0. The molecular formula is C22H22FN3O2. The fourth-order valence-electron chi connectivity index (χ4n) is 4.13. The lowest BCUT2D eigenvalue weighted by atomic mass is 9.94. The summed E-state index contributed by atoms with van der Waals surface area (Å²) in [4.78, 5) is 18.7. The molecule has 144 valence electrons. The number of H-pyrrole nitrogens is 1. The highest BCUT2D eigenvalue weighted by atomic mass is 19.1. The van der Waals surface area contributed by atoms with Crippen LogP contribution < -0.4 is 10.2 Å². The van der Waals surface area contributed by atoms with Crippen molar-refractivity contribution in [1.82, 2.24) is 4.98 Å². The quantitative estimate of drug-likeness (QED) is 0.725. The van der Waals surface area contributed by atoms with Gasteiger partial charge in [-0.05, 0) is 48.7 Å². The summed E-state index contributed by atoms with van der Waals surface area (Å²) in [5.41, 5.74) is 2.96. The minimum absolute atomic E-state index is 0.0293. The van der Waals surface area contributed by atoms with Crippen molar-refractivity contribution >= 4 is 28.2 Å². The number of morpholine rings is 1. The molecule has 2 heterocycles. The van der Waals surface area contributed by atoms with E-state index in [1.165, 1.54) is 12.1 Å². The Labute approximate surface area is 162 Å². The van der Waals surface area contributed by atoms with E-state index < -0.39 is 5.41 Å². The van der Waals surface area contributed by atoms with Gasteiger partial charge in [-0.3, -0.25) is 4.79 Å². The maximum Gasteiger partial charge on any atom is 0.235 e. The molecule has 0 atom stereocenters. The van der Waals surface area contributed by atoms with E-state index in [1.807, 2.05) is 30.5 Å². The van der Waals surface area contributed by atoms with Gasteiger partial charge in [-0.2, -0.15) is 0 Å². The molecule has 6 heteroatoms. The number of para-hydroxylation sites is 2. The molecule has 2 aliphatic rings. The number of carbonyl (C=O) groups excluding carboxylic acids is 1. The van der Waals surface area contributed by atoms with E-state index in [0.29, 0.717) is 13.2 Å². The summed E-state index contributed by atoms with van der Waals surface area (Å²) in [6.07, 6.45) is 3.38. The SMILES string of the molecule is O=C(Nc1ccccc1N1CCOCC1)C1(c2c[nH]c3ccc(F)cc23)CC1. The van der Waals surface area contributed by atoms with Crippen molar-refractivity contribution in [2.24, 2.45) is 0 Å². The van der Waals surface area contributed by atoms with Crippen LogP contribution in [0.2, 0.25) is 0 Å². The summed E-state index contributed by atoms with van der Waals surface area (Å²) in [5, 5.41) is 3.94. The number of fused-ring (bicyclic) bond motifs is 1. The van der Waals surface area contributed by atoms with E-state index in [9.17, 15) is 9.18 Å². The van der Waals surface area contributed by atoms with Gasteiger partial charge in [0.1, 0.15) is 5.82 Å². The van der Waals surface area contributed by atoms with Crippen LogP contribution >= 0.6 is 0 Å². The molecule has 1 saturated carbocycles. The van der Waals surface area contributed by atoms with Crippen molar-refractivity contribution in [3.63, 3.8) is 0 Å². The zero-order valence-electron chi connectivity index (χ0n) is 15.5. The minimum Gasteiger partial charge on any atom is -0.378 e. The van der Waals surface area contributed by atoms with E-state index in [1.54, 1.807) is 6.07 Å². The number of amides is 1. The first kappa shape index (κ1) is 17.3. The van der Waals surface area contributed by atoms with Crippen LogP contribution in [-0.2, 0) is 14.9 Å². The number of anilines is 2. The molecule has 2 aromatic carbocycles. The van der Waals surface area contributed by atoms with Crippen molar-refractivity contribution in [2.75, 3.05) is 36.5 Å². The van der Waals surface area contributed by atoms with Crippen LogP contribution in [0.3, 0.4) is 0 Å². The molecule has 2 fully saturated rings.